The molecular formula is C20H24ClN3O4S2. The maximum atomic E-state index is 13.3. The number of benzene rings is 2. The molecule has 0 radical (unpaired) electrons. The van der Waals surface area contributed by atoms with E-state index in [9.17, 15) is 13.2 Å². The number of ether oxygens (including phenoxy) is 1. The van der Waals surface area contributed by atoms with Crippen molar-refractivity contribution in [3.05, 3.63) is 48.0 Å². The third kappa shape index (κ3) is 5.28. The first-order valence-electron chi connectivity index (χ1n) is 8.91. The predicted octanol–water partition coefficient (Wildman–Crippen LogP) is 3.34. The van der Waals surface area contributed by atoms with E-state index in [0.717, 1.165) is 11.0 Å². The summed E-state index contributed by atoms with van der Waals surface area (Å²) in [6.07, 6.45) is 1.13. The van der Waals surface area contributed by atoms with Gasteiger partial charge < -0.3 is 9.64 Å². The average Bonchev–Trinajstić information content (AvgIpc) is 3.11. The van der Waals surface area contributed by atoms with E-state index < -0.39 is 9.84 Å². The smallest absolute Gasteiger partial charge is 0.260 e. The Hall–Kier alpha value is -2.20. The Kier molecular flexibility index (Phi) is 7.81. The predicted molar refractivity (Wildman–Crippen MR) is 123 cm³/mol. The fourth-order valence-corrected chi connectivity index (χ4v) is 4.47. The van der Waals surface area contributed by atoms with Crippen LogP contribution in [0, 0.1) is 0 Å². The van der Waals surface area contributed by atoms with Crippen LogP contribution in [0.15, 0.2) is 47.4 Å². The number of nitrogens with zero attached hydrogens (tertiary/aromatic N) is 3. The molecule has 162 valence electrons. The third-order valence-corrected chi connectivity index (χ3v) is 6.50. The van der Waals surface area contributed by atoms with Gasteiger partial charge in [0.2, 0.25) is 0 Å². The molecule has 0 N–H and O–H groups in total. The molecule has 30 heavy (non-hydrogen) atoms. The summed E-state index contributed by atoms with van der Waals surface area (Å²) < 4.78 is 30.1. The van der Waals surface area contributed by atoms with Crippen molar-refractivity contribution in [1.82, 2.24) is 9.88 Å². The van der Waals surface area contributed by atoms with Gasteiger partial charge in [-0.25, -0.2) is 13.4 Å². The monoisotopic (exact) mass is 469 g/mol. The van der Waals surface area contributed by atoms with E-state index in [1.807, 2.05) is 37.2 Å². The van der Waals surface area contributed by atoms with Crippen molar-refractivity contribution in [3.8, 4) is 5.75 Å². The van der Waals surface area contributed by atoms with Gasteiger partial charge >= 0.3 is 0 Å². The zero-order valence-electron chi connectivity index (χ0n) is 17.2. The first-order valence-corrected chi connectivity index (χ1v) is 11.6. The van der Waals surface area contributed by atoms with Crippen molar-refractivity contribution < 1.29 is 17.9 Å². The second-order valence-electron chi connectivity index (χ2n) is 6.86. The summed E-state index contributed by atoms with van der Waals surface area (Å²) in [5.41, 5.74) is 1.00. The topological polar surface area (TPSA) is 79.8 Å². The number of carbonyl (C=O) groups is 1. The van der Waals surface area contributed by atoms with Crippen LogP contribution in [0.3, 0.4) is 0 Å². The van der Waals surface area contributed by atoms with Crippen LogP contribution < -0.4 is 9.64 Å². The van der Waals surface area contributed by atoms with Gasteiger partial charge in [0.15, 0.2) is 15.0 Å². The summed E-state index contributed by atoms with van der Waals surface area (Å²) in [5.74, 6) is 0.347. The Morgan fingerprint density at radius 1 is 1.13 bits per heavy atom. The van der Waals surface area contributed by atoms with E-state index in [1.165, 1.54) is 23.5 Å². The van der Waals surface area contributed by atoms with Crippen LogP contribution in [0.2, 0.25) is 0 Å². The molecule has 0 fully saturated rings. The maximum absolute atomic E-state index is 13.3. The minimum Gasteiger partial charge on any atom is -0.494 e. The molecular weight excluding hydrogens is 446 g/mol. The van der Waals surface area contributed by atoms with Crippen molar-refractivity contribution in [2.24, 2.45) is 0 Å². The molecule has 0 aliphatic carbocycles. The SMILES string of the molecule is COc1cccc2sc(N(CCN(C)C)C(=O)c3cccc(S(C)(=O)=O)c3)nc12.Cl. The third-order valence-electron chi connectivity index (χ3n) is 4.35. The molecule has 0 unspecified atom stereocenters. The van der Waals surface area contributed by atoms with E-state index >= 15 is 0 Å². The molecule has 0 aliphatic heterocycles. The Labute approximate surface area is 186 Å². The van der Waals surface area contributed by atoms with Crippen molar-refractivity contribution in [2.45, 2.75) is 4.90 Å². The van der Waals surface area contributed by atoms with Gasteiger partial charge in [-0.05, 0) is 44.4 Å². The second kappa shape index (κ2) is 9.74. The van der Waals surface area contributed by atoms with Gasteiger partial charge in [-0.2, -0.15) is 0 Å². The van der Waals surface area contributed by atoms with Gasteiger partial charge in [-0.3, -0.25) is 9.69 Å². The molecule has 2 aromatic carbocycles. The number of halogens is 1. The quantitative estimate of drug-likeness (QED) is 0.528. The number of rotatable bonds is 7. The van der Waals surface area contributed by atoms with Crippen molar-refractivity contribution in [1.29, 1.82) is 0 Å². The summed E-state index contributed by atoms with van der Waals surface area (Å²) in [6.45, 7) is 1.04. The molecule has 3 rings (SSSR count). The number of carbonyl (C=O) groups excluding carboxylic acids is 1. The van der Waals surface area contributed by atoms with E-state index in [1.54, 1.807) is 24.1 Å². The minimum absolute atomic E-state index is 0. The number of fused-ring (bicyclic) bond motifs is 1. The van der Waals surface area contributed by atoms with Crippen LogP contribution in [0.4, 0.5) is 5.13 Å². The summed E-state index contributed by atoms with van der Waals surface area (Å²) in [6, 6.07) is 11.7. The lowest BCUT2D eigenvalue weighted by Crippen LogP contribution is -2.36. The molecule has 0 spiro atoms. The summed E-state index contributed by atoms with van der Waals surface area (Å²) >= 11 is 1.40. The lowest BCUT2D eigenvalue weighted by atomic mass is 10.2. The van der Waals surface area contributed by atoms with Gasteiger partial charge in [-0.15, -0.1) is 12.4 Å². The molecule has 0 bridgehead atoms. The highest BCUT2D eigenvalue weighted by atomic mass is 35.5. The number of sulfone groups is 1. The zero-order chi connectivity index (χ0) is 21.2. The largest absolute Gasteiger partial charge is 0.494 e. The number of anilines is 1. The molecule has 0 saturated carbocycles. The fourth-order valence-electron chi connectivity index (χ4n) is 2.79. The standard InChI is InChI=1S/C20H23N3O4S2.ClH/c1-22(2)11-12-23(19(24)14-7-5-8-15(13-14)29(4,25)26)20-21-18-16(27-3)9-6-10-17(18)28-20;/h5-10,13H,11-12H2,1-4H3;1H. The molecule has 10 heteroatoms. The Balaban J connectivity index is 0.00000320. The number of likely N-dealkylation sites (N-methyl/N-ethyl adjacent to an activating group) is 1. The minimum atomic E-state index is -3.41. The van der Waals surface area contributed by atoms with Crippen LogP contribution >= 0.6 is 23.7 Å². The van der Waals surface area contributed by atoms with Crippen LogP contribution in [-0.2, 0) is 9.84 Å². The second-order valence-corrected chi connectivity index (χ2v) is 9.89. The fraction of sp³-hybridized carbons (Fsp3) is 0.300. The molecule has 3 aromatic rings. The van der Waals surface area contributed by atoms with E-state index in [2.05, 4.69) is 4.98 Å². The lowest BCUT2D eigenvalue weighted by Gasteiger charge is -2.22. The van der Waals surface area contributed by atoms with Crippen LogP contribution in [0.1, 0.15) is 10.4 Å². The summed E-state index contributed by atoms with van der Waals surface area (Å²) in [5, 5.41) is 0.543. The molecule has 1 amide bonds. The van der Waals surface area contributed by atoms with E-state index in [0.29, 0.717) is 35.1 Å². The highest BCUT2D eigenvalue weighted by Gasteiger charge is 2.23. The van der Waals surface area contributed by atoms with Crippen molar-refractivity contribution in [2.75, 3.05) is 45.5 Å². The molecule has 0 atom stereocenters. The van der Waals surface area contributed by atoms with Crippen molar-refractivity contribution in [3.63, 3.8) is 0 Å². The Morgan fingerprint density at radius 2 is 1.83 bits per heavy atom. The summed E-state index contributed by atoms with van der Waals surface area (Å²) in [4.78, 5) is 21.6. The Bertz CT molecular complexity index is 1150. The summed E-state index contributed by atoms with van der Waals surface area (Å²) in [7, 11) is 2.02. The normalized spacial score (nSPS) is 11.4. The number of para-hydroxylation sites is 1. The zero-order valence-corrected chi connectivity index (χ0v) is 19.6. The van der Waals surface area contributed by atoms with Gasteiger partial charge in [0.1, 0.15) is 11.3 Å². The van der Waals surface area contributed by atoms with Gasteiger partial charge in [0, 0.05) is 24.9 Å². The molecule has 7 nitrogen and oxygen atoms in total. The van der Waals surface area contributed by atoms with E-state index in [4.69, 9.17) is 4.74 Å². The molecule has 0 saturated heterocycles. The first kappa shape index (κ1) is 24.1. The van der Waals surface area contributed by atoms with Gasteiger partial charge in [-0.1, -0.05) is 23.5 Å². The highest BCUT2D eigenvalue weighted by molar-refractivity contribution is 7.90. The maximum Gasteiger partial charge on any atom is 0.260 e. The molecule has 1 aromatic heterocycles. The van der Waals surface area contributed by atoms with Crippen LogP contribution in [-0.4, -0.2) is 64.8 Å². The van der Waals surface area contributed by atoms with Crippen LogP contribution in [0.5, 0.6) is 5.75 Å². The number of aromatic nitrogens is 1. The number of hydrogen-bond acceptors (Lipinski definition) is 7. The number of hydrogen-bond donors (Lipinski definition) is 0. The number of methoxy groups -OCH3 is 1. The van der Waals surface area contributed by atoms with Crippen molar-refractivity contribution >= 4 is 54.8 Å². The number of amides is 1. The average molecular weight is 470 g/mol. The Morgan fingerprint density at radius 3 is 2.47 bits per heavy atom. The number of thiazole rings is 1. The first-order chi connectivity index (χ1) is 13.7. The van der Waals surface area contributed by atoms with E-state index in [-0.39, 0.29) is 23.2 Å². The van der Waals surface area contributed by atoms with Gasteiger partial charge in [0.05, 0.1) is 16.7 Å². The molecule has 0 aliphatic rings. The van der Waals surface area contributed by atoms with Crippen LogP contribution in [0.25, 0.3) is 10.2 Å². The highest BCUT2D eigenvalue weighted by Crippen LogP contribution is 2.34. The molecule has 1 heterocycles. The van der Waals surface area contributed by atoms with Gasteiger partial charge in [0.25, 0.3) is 5.91 Å². The lowest BCUT2D eigenvalue weighted by molar-refractivity contribution is 0.0985.